The van der Waals surface area contributed by atoms with Crippen molar-refractivity contribution in [2.24, 2.45) is 5.92 Å². The van der Waals surface area contributed by atoms with Crippen molar-refractivity contribution in [3.63, 3.8) is 0 Å². The third-order valence-corrected chi connectivity index (χ3v) is 10.2. The topological polar surface area (TPSA) is 102 Å². The first-order chi connectivity index (χ1) is 25.4. The van der Waals surface area contributed by atoms with Gasteiger partial charge in [-0.25, -0.2) is 0 Å². The first kappa shape index (κ1) is 35.3. The minimum atomic E-state index is -0.576. The van der Waals surface area contributed by atoms with Gasteiger partial charge in [-0.05, 0) is 69.6 Å². The average molecular weight is 700 g/mol. The lowest BCUT2D eigenvalue weighted by Gasteiger charge is -2.43. The number of fused-ring (bicyclic) bond motifs is 1. The molecule has 52 heavy (non-hydrogen) atoms. The SMILES string of the molecule is COc1cc2c(cc1OC)CN(C[C@@H]1O[C@H](c3ccc(-c4ccccc4CNC(=O)c4cccnc4)cc3)O[C@H](c3ccc(CO)cc3)[C@@H]1C)CC2. The molecule has 268 valence electrons. The first-order valence-electron chi connectivity index (χ1n) is 17.8. The molecule has 2 aliphatic heterocycles. The van der Waals surface area contributed by atoms with Gasteiger partial charge in [0.15, 0.2) is 17.8 Å². The number of rotatable bonds is 11. The Morgan fingerprint density at radius 1 is 0.904 bits per heavy atom. The first-order valence-corrected chi connectivity index (χ1v) is 17.8. The molecule has 1 fully saturated rings. The number of aliphatic hydroxyl groups excluding tert-OH is 1. The molecule has 5 aromatic rings. The maximum Gasteiger partial charge on any atom is 0.253 e. The maximum atomic E-state index is 12.7. The number of aromatic nitrogens is 1. The standard InChI is InChI=1S/C43H45N3O6/c1-28-40(26-46-20-18-33-21-38(49-2)39(50-3)22-36(33)25-46)51-43(52-41(28)31-12-10-29(27-47)11-13-31)32-16-14-30(15-17-32)37-9-5-4-7-34(37)24-45-42(48)35-8-6-19-44-23-35/h4-17,19,21-23,28,40-41,43,47H,18,20,24-27H2,1-3H3,(H,45,48)/t28-,40+,41+,43+/m1/s1. The Morgan fingerprint density at radius 2 is 1.63 bits per heavy atom. The number of benzene rings is 4. The summed E-state index contributed by atoms with van der Waals surface area (Å²) in [6, 6.07) is 32.1. The van der Waals surface area contributed by atoms with Crippen LogP contribution < -0.4 is 14.8 Å². The van der Waals surface area contributed by atoms with Crippen molar-refractivity contribution in [1.29, 1.82) is 0 Å². The Labute approximate surface area is 305 Å². The zero-order valence-corrected chi connectivity index (χ0v) is 29.8. The molecule has 9 heteroatoms. The lowest BCUT2D eigenvalue weighted by atomic mass is 9.89. The Balaban J connectivity index is 1.11. The summed E-state index contributed by atoms with van der Waals surface area (Å²) in [6.45, 7) is 5.03. The van der Waals surface area contributed by atoms with Crippen LogP contribution in [0, 0.1) is 5.92 Å². The van der Waals surface area contributed by atoms with E-state index in [-0.39, 0.29) is 30.6 Å². The van der Waals surface area contributed by atoms with E-state index in [0.29, 0.717) is 12.1 Å². The van der Waals surface area contributed by atoms with Gasteiger partial charge < -0.3 is 29.4 Å². The van der Waals surface area contributed by atoms with Gasteiger partial charge in [-0.1, -0.05) is 79.7 Å². The van der Waals surface area contributed by atoms with Crippen LogP contribution in [-0.2, 0) is 35.6 Å². The quantitative estimate of drug-likeness (QED) is 0.152. The van der Waals surface area contributed by atoms with E-state index in [1.807, 2.05) is 30.3 Å². The molecular formula is C43H45N3O6. The van der Waals surface area contributed by atoms with Gasteiger partial charge in [-0.2, -0.15) is 0 Å². The van der Waals surface area contributed by atoms with Gasteiger partial charge >= 0.3 is 0 Å². The summed E-state index contributed by atoms with van der Waals surface area (Å²) in [7, 11) is 3.35. The molecule has 7 rings (SSSR count). The fraction of sp³-hybridized carbons (Fsp3) is 0.302. The van der Waals surface area contributed by atoms with Crippen molar-refractivity contribution < 1.29 is 28.8 Å². The molecule has 3 heterocycles. The number of carbonyl (C=O) groups excluding carboxylic acids is 1. The molecule has 0 spiro atoms. The number of hydrogen-bond acceptors (Lipinski definition) is 8. The number of hydrogen-bond donors (Lipinski definition) is 2. The highest BCUT2D eigenvalue weighted by Crippen LogP contribution is 2.43. The van der Waals surface area contributed by atoms with Crippen LogP contribution in [0.5, 0.6) is 11.5 Å². The molecule has 2 N–H and O–H groups in total. The largest absolute Gasteiger partial charge is 0.493 e. The Morgan fingerprint density at radius 3 is 2.35 bits per heavy atom. The number of nitrogens with zero attached hydrogens (tertiary/aromatic N) is 2. The second-order valence-corrected chi connectivity index (χ2v) is 13.5. The molecule has 1 aromatic heterocycles. The van der Waals surface area contributed by atoms with E-state index in [1.54, 1.807) is 38.7 Å². The molecule has 4 aromatic carbocycles. The average Bonchev–Trinajstić information content (AvgIpc) is 3.20. The normalized spacial score (nSPS) is 20.2. The van der Waals surface area contributed by atoms with E-state index in [4.69, 9.17) is 18.9 Å². The molecule has 0 radical (unpaired) electrons. The minimum Gasteiger partial charge on any atom is -0.493 e. The number of amides is 1. The summed E-state index contributed by atoms with van der Waals surface area (Å²) >= 11 is 0. The van der Waals surface area contributed by atoms with Gasteiger partial charge in [-0.3, -0.25) is 14.7 Å². The van der Waals surface area contributed by atoms with Crippen LogP contribution in [0.2, 0.25) is 0 Å². The number of methoxy groups -OCH3 is 2. The van der Waals surface area contributed by atoms with Crippen LogP contribution >= 0.6 is 0 Å². The van der Waals surface area contributed by atoms with Crippen molar-refractivity contribution in [2.75, 3.05) is 27.3 Å². The van der Waals surface area contributed by atoms with Crippen LogP contribution in [-0.4, -0.2) is 54.3 Å². The number of aliphatic hydroxyl groups is 1. The zero-order chi connectivity index (χ0) is 36.0. The smallest absolute Gasteiger partial charge is 0.253 e. The number of pyridine rings is 1. The van der Waals surface area contributed by atoms with Gasteiger partial charge in [0.1, 0.15) is 0 Å². The third-order valence-electron chi connectivity index (χ3n) is 10.2. The summed E-state index contributed by atoms with van der Waals surface area (Å²) in [5.41, 5.74) is 8.99. The van der Waals surface area contributed by atoms with Crippen molar-refractivity contribution in [2.45, 2.75) is 51.5 Å². The molecule has 0 unspecified atom stereocenters. The van der Waals surface area contributed by atoms with Crippen LogP contribution in [0.25, 0.3) is 11.1 Å². The van der Waals surface area contributed by atoms with Crippen LogP contribution in [0.15, 0.2) is 109 Å². The number of nitrogens with one attached hydrogen (secondary N) is 1. The lowest BCUT2D eigenvalue weighted by molar-refractivity contribution is -0.276. The second kappa shape index (κ2) is 16.1. The van der Waals surface area contributed by atoms with Crippen molar-refractivity contribution in [1.82, 2.24) is 15.2 Å². The number of ether oxygens (including phenoxy) is 4. The maximum absolute atomic E-state index is 12.7. The van der Waals surface area contributed by atoms with E-state index < -0.39 is 6.29 Å². The van der Waals surface area contributed by atoms with E-state index in [1.165, 1.54) is 11.1 Å². The molecule has 0 aliphatic carbocycles. The van der Waals surface area contributed by atoms with E-state index in [2.05, 4.69) is 76.7 Å². The highest BCUT2D eigenvalue weighted by Gasteiger charge is 2.39. The summed E-state index contributed by atoms with van der Waals surface area (Å²) in [5, 5.41) is 12.7. The minimum absolute atomic E-state index is 0.00480. The molecule has 1 amide bonds. The predicted octanol–water partition coefficient (Wildman–Crippen LogP) is 7.04. The fourth-order valence-electron chi connectivity index (χ4n) is 7.23. The lowest BCUT2D eigenvalue weighted by Crippen LogP contribution is -2.45. The van der Waals surface area contributed by atoms with Gasteiger partial charge in [0.2, 0.25) is 0 Å². The van der Waals surface area contributed by atoms with Gasteiger partial charge in [0.25, 0.3) is 5.91 Å². The highest BCUT2D eigenvalue weighted by atomic mass is 16.7. The van der Waals surface area contributed by atoms with Crippen molar-refractivity contribution in [3.8, 4) is 22.6 Å². The second-order valence-electron chi connectivity index (χ2n) is 13.5. The summed E-state index contributed by atoms with van der Waals surface area (Å²) in [5.74, 6) is 1.40. The molecule has 0 bridgehead atoms. The fourth-order valence-corrected chi connectivity index (χ4v) is 7.23. The highest BCUT2D eigenvalue weighted by molar-refractivity contribution is 5.93. The summed E-state index contributed by atoms with van der Waals surface area (Å²) in [6.07, 6.45) is 3.25. The zero-order valence-electron chi connectivity index (χ0n) is 29.8. The Bertz CT molecular complexity index is 1970. The monoisotopic (exact) mass is 699 g/mol. The molecule has 9 nitrogen and oxygen atoms in total. The van der Waals surface area contributed by atoms with E-state index >= 15 is 0 Å². The summed E-state index contributed by atoms with van der Waals surface area (Å²) in [4.78, 5) is 19.2. The van der Waals surface area contributed by atoms with Crippen LogP contribution in [0.1, 0.15) is 63.1 Å². The van der Waals surface area contributed by atoms with Gasteiger partial charge in [0, 0.05) is 50.1 Å². The van der Waals surface area contributed by atoms with Crippen LogP contribution in [0.4, 0.5) is 0 Å². The Kier molecular flexibility index (Phi) is 10.9. The van der Waals surface area contributed by atoms with Crippen molar-refractivity contribution >= 4 is 5.91 Å². The van der Waals surface area contributed by atoms with E-state index in [9.17, 15) is 9.90 Å². The molecule has 4 atom stereocenters. The number of carbonyl (C=O) groups is 1. The molecular weight excluding hydrogens is 654 g/mol. The molecule has 2 aliphatic rings. The van der Waals surface area contributed by atoms with Crippen LogP contribution in [0.3, 0.4) is 0 Å². The van der Waals surface area contributed by atoms with Gasteiger partial charge in [0.05, 0.1) is 38.6 Å². The van der Waals surface area contributed by atoms with Gasteiger partial charge in [-0.15, -0.1) is 0 Å². The molecule has 1 saturated heterocycles. The predicted molar refractivity (Wildman–Crippen MR) is 199 cm³/mol. The van der Waals surface area contributed by atoms with E-state index in [0.717, 1.165) is 70.9 Å². The van der Waals surface area contributed by atoms with Crippen molar-refractivity contribution in [3.05, 3.63) is 148 Å². The summed E-state index contributed by atoms with van der Waals surface area (Å²) < 4.78 is 24.8. The Hall–Kier alpha value is -5.06. The molecule has 0 saturated carbocycles. The third kappa shape index (κ3) is 7.73.